The number of hydrogen-bond acceptors (Lipinski definition) is 4. The summed E-state index contributed by atoms with van der Waals surface area (Å²) < 4.78 is 2.19. The number of nitrogens with one attached hydrogen (secondary N) is 1. The van der Waals surface area contributed by atoms with Crippen molar-refractivity contribution in [1.82, 2.24) is 14.7 Å². The first-order chi connectivity index (χ1) is 10.2. The lowest BCUT2D eigenvalue weighted by Gasteiger charge is -2.06. The van der Waals surface area contributed by atoms with Gasteiger partial charge in [-0.2, -0.15) is 0 Å². The van der Waals surface area contributed by atoms with Crippen molar-refractivity contribution in [2.24, 2.45) is 0 Å². The van der Waals surface area contributed by atoms with E-state index in [4.69, 9.17) is 4.98 Å². The van der Waals surface area contributed by atoms with E-state index in [2.05, 4.69) is 53.3 Å². The van der Waals surface area contributed by atoms with Crippen LogP contribution in [0.5, 0.6) is 0 Å². The summed E-state index contributed by atoms with van der Waals surface area (Å²) in [5.41, 5.74) is 5.27. The number of benzene rings is 1. The first-order valence-electron chi connectivity index (χ1n) is 6.96. The monoisotopic (exact) mass is 317 g/mol. The Morgan fingerprint density at radius 2 is 2.00 bits per heavy atom. The highest BCUT2D eigenvalue weighted by Crippen LogP contribution is 2.29. The van der Waals surface area contributed by atoms with Crippen LogP contribution in [0, 0.1) is 13.8 Å². The molecular weight excluding hydrogens is 298 g/mol. The van der Waals surface area contributed by atoms with Gasteiger partial charge in [0.15, 0.2) is 4.96 Å². The molecule has 1 N–H and O–H groups in total. The quantitative estimate of drug-likeness (QED) is 0.721. The average Bonchev–Trinajstić information content (AvgIpc) is 2.98. The van der Waals surface area contributed by atoms with Crippen molar-refractivity contribution >= 4 is 28.1 Å². The van der Waals surface area contributed by atoms with Crippen LogP contribution in [-0.4, -0.2) is 16.4 Å². The van der Waals surface area contributed by atoms with Crippen molar-refractivity contribution in [2.45, 2.75) is 31.2 Å². The van der Waals surface area contributed by atoms with Crippen molar-refractivity contribution in [3.63, 3.8) is 0 Å². The summed E-state index contributed by atoms with van der Waals surface area (Å²) in [4.78, 5) is 5.83. The van der Waals surface area contributed by atoms with Crippen molar-refractivity contribution in [2.75, 3.05) is 7.05 Å². The molecule has 21 heavy (non-hydrogen) atoms. The summed E-state index contributed by atoms with van der Waals surface area (Å²) in [7, 11) is 1.98. The third-order valence-electron chi connectivity index (χ3n) is 3.33. The maximum absolute atomic E-state index is 4.76. The molecule has 2 aromatic heterocycles. The second-order valence-electron chi connectivity index (χ2n) is 5.23. The zero-order valence-electron chi connectivity index (χ0n) is 12.5. The minimum atomic E-state index is 0.840. The normalized spacial score (nSPS) is 11.4. The second-order valence-corrected chi connectivity index (χ2v) is 7.07. The van der Waals surface area contributed by atoms with Crippen LogP contribution in [0.1, 0.15) is 22.4 Å². The summed E-state index contributed by atoms with van der Waals surface area (Å²) >= 11 is 3.51. The van der Waals surface area contributed by atoms with Gasteiger partial charge in [-0.3, -0.25) is 4.40 Å². The molecule has 1 aromatic carbocycles. The third-order valence-corrected chi connectivity index (χ3v) is 5.16. The fraction of sp³-hybridized carbons (Fsp3) is 0.312. The predicted octanol–water partition coefficient (Wildman–Crippen LogP) is 4.02. The Bertz CT molecular complexity index is 738. The summed E-state index contributed by atoms with van der Waals surface area (Å²) in [6.07, 6.45) is 2.10. The molecule has 0 saturated carbocycles. The molecule has 110 valence electrons. The second kappa shape index (κ2) is 6.22. The number of imidazole rings is 1. The van der Waals surface area contributed by atoms with Crippen LogP contribution in [0.4, 0.5) is 0 Å². The molecule has 3 nitrogen and oxygen atoms in total. The molecule has 0 unspecified atom stereocenters. The molecule has 0 fully saturated rings. The van der Waals surface area contributed by atoms with Gasteiger partial charge in [0.25, 0.3) is 0 Å². The Labute approximate surface area is 133 Å². The van der Waals surface area contributed by atoms with E-state index >= 15 is 0 Å². The zero-order valence-corrected chi connectivity index (χ0v) is 14.1. The molecule has 3 aromatic rings. The highest BCUT2D eigenvalue weighted by atomic mass is 32.2. The molecular formula is C16H19N3S2. The maximum Gasteiger partial charge on any atom is 0.194 e. The maximum atomic E-state index is 4.76. The first kappa shape index (κ1) is 14.6. The number of thioether (sulfide) groups is 1. The molecule has 0 saturated heterocycles. The van der Waals surface area contributed by atoms with E-state index in [1.54, 1.807) is 11.3 Å². The molecule has 0 atom stereocenters. The number of aryl methyl sites for hydroxylation is 2. The summed E-state index contributed by atoms with van der Waals surface area (Å²) in [6, 6.07) is 6.74. The van der Waals surface area contributed by atoms with E-state index < -0.39 is 0 Å². The highest BCUT2D eigenvalue weighted by Gasteiger charge is 2.13. The van der Waals surface area contributed by atoms with Gasteiger partial charge in [-0.15, -0.1) is 11.3 Å². The fourth-order valence-corrected chi connectivity index (χ4v) is 4.31. The Hall–Kier alpha value is -1.30. The standard InChI is InChI=1S/C16H19N3S2/c1-11-6-12(2)8-13(7-11)10-21-15-14(9-17-3)19-4-5-20-16(19)18-15/h4-8,17H,9-10H2,1-3H3. The molecule has 3 rings (SSSR count). The van der Waals surface area contributed by atoms with Crippen molar-refractivity contribution < 1.29 is 0 Å². The third kappa shape index (κ3) is 3.15. The van der Waals surface area contributed by atoms with E-state index in [0.29, 0.717) is 0 Å². The number of aromatic nitrogens is 2. The summed E-state index contributed by atoms with van der Waals surface area (Å²) in [6.45, 7) is 5.15. The van der Waals surface area contributed by atoms with Crippen LogP contribution in [0.3, 0.4) is 0 Å². The smallest absolute Gasteiger partial charge is 0.194 e. The van der Waals surface area contributed by atoms with Gasteiger partial charge in [0, 0.05) is 23.9 Å². The fourth-order valence-electron chi connectivity index (χ4n) is 2.56. The Kier molecular flexibility index (Phi) is 4.33. The van der Waals surface area contributed by atoms with E-state index in [1.807, 2.05) is 18.8 Å². The van der Waals surface area contributed by atoms with Gasteiger partial charge >= 0.3 is 0 Å². The largest absolute Gasteiger partial charge is 0.314 e. The molecule has 5 heteroatoms. The van der Waals surface area contributed by atoms with Crippen LogP contribution in [0.15, 0.2) is 34.8 Å². The predicted molar refractivity (Wildman–Crippen MR) is 91.3 cm³/mol. The van der Waals surface area contributed by atoms with Crippen LogP contribution >= 0.6 is 23.1 Å². The Morgan fingerprint density at radius 1 is 1.24 bits per heavy atom. The SMILES string of the molecule is CNCc1c(SCc2cc(C)cc(C)c2)nc2sccn12. The van der Waals surface area contributed by atoms with Crippen LogP contribution in [0.25, 0.3) is 4.96 Å². The van der Waals surface area contributed by atoms with Gasteiger partial charge in [-0.25, -0.2) is 4.98 Å². The van der Waals surface area contributed by atoms with Gasteiger partial charge in [-0.1, -0.05) is 41.1 Å². The molecule has 0 radical (unpaired) electrons. The molecule has 0 amide bonds. The molecule has 0 aliphatic carbocycles. The molecule has 2 heterocycles. The molecule has 0 bridgehead atoms. The molecule has 0 aliphatic rings. The lowest BCUT2D eigenvalue weighted by Crippen LogP contribution is -2.08. The summed E-state index contributed by atoms with van der Waals surface area (Å²) in [5.74, 6) is 0.962. The number of hydrogen-bond donors (Lipinski definition) is 1. The van der Waals surface area contributed by atoms with Gasteiger partial charge in [0.05, 0.1) is 5.69 Å². The number of fused-ring (bicyclic) bond motifs is 1. The van der Waals surface area contributed by atoms with Gasteiger partial charge in [0.1, 0.15) is 5.03 Å². The number of nitrogens with zero attached hydrogens (tertiary/aromatic N) is 2. The van der Waals surface area contributed by atoms with E-state index in [-0.39, 0.29) is 0 Å². The Balaban J connectivity index is 1.84. The highest BCUT2D eigenvalue weighted by molar-refractivity contribution is 7.98. The lowest BCUT2D eigenvalue weighted by molar-refractivity contribution is 0.765. The van der Waals surface area contributed by atoms with E-state index in [9.17, 15) is 0 Å². The van der Waals surface area contributed by atoms with Gasteiger partial charge in [0.2, 0.25) is 0 Å². The minimum absolute atomic E-state index is 0.840. The minimum Gasteiger partial charge on any atom is -0.314 e. The molecule has 0 aliphatic heterocycles. The number of rotatable bonds is 5. The van der Waals surface area contributed by atoms with Crippen LogP contribution in [0.2, 0.25) is 0 Å². The Morgan fingerprint density at radius 3 is 2.71 bits per heavy atom. The van der Waals surface area contributed by atoms with E-state index in [0.717, 1.165) is 22.3 Å². The lowest BCUT2D eigenvalue weighted by atomic mass is 10.1. The number of thiazole rings is 1. The van der Waals surface area contributed by atoms with Crippen molar-refractivity contribution in [1.29, 1.82) is 0 Å². The molecule has 0 spiro atoms. The van der Waals surface area contributed by atoms with Crippen molar-refractivity contribution in [3.8, 4) is 0 Å². The zero-order chi connectivity index (χ0) is 14.8. The van der Waals surface area contributed by atoms with Gasteiger partial charge in [-0.05, 0) is 26.5 Å². The van der Waals surface area contributed by atoms with Crippen LogP contribution in [-0.2, 0) is 12.3 Å². The first-order valence-corrected chi connectivity index (χ1v) is 8.83. The summed E-state index contributed by atoms with van der Waals surface area (Å²) in [5, 5.41) is 6.46. The van der Waals surface area contributed by atoms with Crippen LogP contribution < -0.4 is 5.32 Å². The average molecular weight is 317 g/mol. The topological polar surface area (TPSA) is 29.3 Å². The van der Waals surface area contributed by atoms with Crippen molar-refractivity contribution in [3.05, 3.63) is 52.2 Å². The van der Waals surface area contributed by atoms with Gasteiger partial charge < -0.3 is 5.32 Å². The van der Waals surface area contributed by atoms with E-state index in [1.165, 1.54) is 22.4 Å².